The summed E-state index contributed by atoms with van der Waals surface area (Å²) in [5.41, 5.74) is 6.96. The number of alkyl halides is 3. The second kappa shape index (κ2) is 9.24. The Morgan fingerprint density at radius 3 is 2.26 bits per heavy atom. The summed E-state index contributed by atoms with van der Waals surface area (Å²) >= 11 is 0. The molecule has 2 aromatic rings. The summed E-state index contributed by atoms with van der Waals surface area (Å²) in [6.45, 7) is 2.20. The highest BCUT2D eigenvalue weighted by molar-refractivity contribution is 7.90. The zero-order valence-corrected chi connectivity index (χ0v) is 20.7. The number of carbonyl (C=O) groups is 1. The van der Waals surface area contributed by atoms with E-state index in [-0.39, 0.29) is 29.6 Å². The number of nitrogens with two attached hydrogens (primary N) is 1. The van der Waals surface area contributed by atoms with Crippen molar-refractivity contribution in [3.05, 3.63) is 47.3 Å². The van der Waals surface area contributed by atoms with Crippen molar-refractivity contribution < 1.29 is 26.4 Å². The van der Waals surface area contributed by atoms with Crippen LogP contribution in [0.3, 0.4) is 0 Å². The van der Waals surface area contributed by atoms with Crippen LogP contribution in [-0.2, 0) is 21.8 Å². The van der Waals surface area contributed by atoms with Gasteiger partial charge in [0, 0.05) is 38.0 Å². The summed E-state index contributed by atoms with van der Waals surface area (Å²) in [7, 11) is -3.31. The van der Waals surface area contributed by atoms with Crippen molar-refractivity contribution in [3.63, 3.8) is 0 Å². The average Bonchev–Trinajstić information content (AvgIpc) is 3.17. The fourth-order valence-corrected chi connectivity index (χ4v) is 5.93. The number of halogens is 3. The van der Waals surface area contributed by atoms with Gasteiger partial charge in [0.25, 0.3) is 5.91 Å². The first-order valence-corrected chi connectivity index (χ1v) is 13.7. The highest BCUT2D eigenvalue weighted by Gasteiger charge is 2.50. The van der Waals surface area contributed by atoms with Crippen LogP contribution in [0, 0.1) is 5.92 Å². The summed E-state index contributed by atoms with van der Waals surface area (Å²) in [4.78, 5) is 14.3. The van der Waals surface area contributed by atoms with E-state index < -0.39 is 27.8 Å². The highest BCUT2D eigenvalue weighted by atomic mass is 32.2. The van der Waals surface area contributed by atoms with Crippen molar-refractivity contribution in [1.29, 1.82) is 0 Å². The quantitative estimate of drug-likeness (QED) is 0.612. The fraction of sp³-hybridized carbons (Fsp3) is 0.583. The normalized spacial score (nSPS) is 24.3. The first-order chi connectivity index (χ1) is 16.3. The Morgan fingerprint density at radius 1 is 1.17 bits per heavy atom. The summed E-state index contributed by atoms with van der Waals surface area (Å²) in [5.74, 6) is -1.81. The lowest BCUT2D eigenvalue weighted by atomic mass is 9.76. The van der Waals surface area contributed by atoms with Crippen molar-refractivity contribution in [2.24, 2.45) is 11.7 Å². The molecule has 1 aromatic carbocycles. The van der Waals surface area contributed by atoms with Crippen LogP contribution in [0.25, 0.3) is 0 Å². The Hall–Kier alpha value is -2.40. The lowest BCUT2D eigenvalue weighted by molar-refractivity contribution is -0.215. The number of hydrogen-bond donors (Lipinski definition) is 1. The van der Waals surface area contributed by atoms with Gasteiger partial charge in [-0.25, -0.2) is 8.42 Å². The second-order valence-corrected chi connectivity index (χ2v) is 11.9. The first kappa shape index (κ1) is 25.7. The van der Waals surface area contributed by atoms with Gasteiger partial charge in [-0.15, -0.1) is 0 Å². The molecule has 0 spiro atoms. The fourth-order valence-electron chi connectivity index (χ4n) is 5.30. The Balaban J connectivity index is 1.49. The molecule has 1 amide bonds. The summed E-state index contributed by atoms with van der Waals surface area (Å²) in [5, 5.41) is 4.75. The molecular formula is C24H31F3N4O3S. The molecule has 1 aromatic heterocycles. The largest absolute Gasteiger partial charge is 0.394 e. The van der Waals surface area contributed by atoms with E-state index in [0.29, 0.717) is 17.7 Å². The number of carbonyl (C=O) groups excluding carboxylic acids is 1. The number of primary amides is 1. The average molecular weight is 513 g/mol. The molecule has 11 heteroatoms. The van der Waals surface area contributed by atoms with E-state index in [0.717, 1.165) is 43.9 Å². The van der Waals surface area contributed by atoms with E-state index in [1.807, 2.05) is 9.58 Å². The molecule has 2 fully saturated rings. The molecule has 1 aliphatic heterocycles. The highest BCUT2D eigenvalue weighted by Crippen LogP contribution is 2.43. The molecule has 0 atom stereocenters. The third-order valence-electron chi connectivity index (χ3n) is 7.70. The molecule has 7 nitrogen and oxygen atoms in total. The van der Waals surface area contributed by atoms with Gasteiger partial charge in [0.2, 0.25) is 0 Å². The van der Waals surface area contributed by atoms with Gasteiger partial charge < -0.3 is 5.73 Å². The zero-order chi connectivity index (χ0) is 25.6. The van der Waals surface area contributed by atoms with Gasteiger partial charge in [-0.3, -0.25) is 14.4 Å². The Morgan fingerprint density at radius 2 is 1.77 bits per heavy atom. The maximum Gasteiger partial charge on any atom is 0.394 e. The number of hydrogen-bond acceptors (Lipinski definition) is 5. The SMILES string of the molecule is CCC1(n2cc(C(N)=O)c(Cc3ccc(S(C)(=O)=O)cc3)n2)CCC(N2CC(C(F)(F)F)C2)CC1. The molecule has 35 heavy (non-hydrogen) atoms. The smallest absolute Gasteiger partial charge is 0.365 e. The molecule has 0 bridgehead atoms. The van der Waals surface area contributed by atoms with Gasteiger partial charge in [0.1, 0.15) is 0 Å². The number of rotatable bonds is 7. The van der Waals surface area contributed by atoms with E-state index in [9.17, 15) is 26.4 Å². The van der Waals surface area contributed by atoms with Crippen LogP contribution in [0.4, 0.5) is 13.2 Å². The predicted molar refractivity (Wildman–Crippen MR) is 125 cm³/mol. The predicted octanol–water partition coefficient (Wildman–Crippen LogP) is 3.52. The van der Waals surface area contributed by atoms with Crippen LogP contribution in [-0.4, -0.2) is 60.6 Å². The van der Waals surface area contributed by atoms with Gasteiger partial charge >= 0.3 is 6.18 Å². The molecule has 2 aliphatic rings. The van der Waals surface area contributed by atoms with Crippen LogP contribution in [0.15, 0.2) is 35.4 Å². The van der Waals surface area contributed by atoms with Gasteiger partial charge in [0.15, 0.2) is 9.84 Å². The van der Waals surface area contributed by atoms with Crippen LogP contribution in [0.5, 0.6) is 0 Å². The zero-order valence-electron chi connectivity index (χ0n) is 19.9. The number of amides is 1. The van der Waals surface area contributed by atoms with E-state index in [2.05, 4.69) is 6.92 Å². The number of sulfone groups is 1. The minimum atomic E-state index is -4.12. The topological polar surface area (TPSA) is 98.3 Å². The number of aromatic nitrogens is 2. The van der Waals surface area contributed by atoms with Crippen molar-refractivity contribution in [1.82, 2.24) is 14.7 Å². The third kappa shape index (κ3) is 5.25. The Kier molecular flexibility index (Phi) is 6.78. The van der Waals surface area contributed by atoms with Crippen LogP contribution >= 0.6 is 0 Å². The van der Waals surface area contributed by atoms with Crippen molar-refractivity contribution in [2.75, 3.05) is 19.3 Å². The van der Waals surface area contributed by atoms with Gasteiger partial charge in [0.05, 0.1) is 27.6 Å². The molecule has 1 aliphatic carbocycles. The summed E-state index contributed by atoms with van der Waals surface area (Å²) < 4.78 is 63.9. The first-order valence-electron chi connectivity index (χ1n) is 11.8. The standard InChI is InChI=1S/C24H31F3N4O3S/c1-3-23(10-8-18(9-11-23)30-13-17(14-30)24(25,26)27)31-15-20(22(28)32)21(29-31)12-16-4-6-19(7-5-16)35(2,33)34/h4-7,15,17-18H,3,8-14H2,1-2H3,(H2,28,32). The molecule has 0 radical (unpaired) electrons. The van der Waals surface area contributed by atoms with Crippen molar-refractivity contribution >= 4 is 15.7 Å². The molecule has 1 saturated heterocycles. The van der Waals surface area contributed by atoms with Gasteiger partial charge in [-0.05, 0) is 49.8 Å². The Labute approximate surface area is 203 Å². The maximum absolute atomic E-state index is 12.9. The number of likely N-dealkylation sites (tertiary alicyclic amines) is 1. The molecule has 192 valence electrons. The molecule has 0 unspecified atom stereocenters. The summed E-state index contributed by atoms with van der Waals surface area (Å²) in [6, 6.07) is 6.58. The van der Waals surface area contributed by atoms with Crippen molar-refractivity contribution in [3.8, 4) is 0 Å². The van der Waals surface area contributed by atoms with Crippen LogP contribution < -0.4 is 5.73 Å². The molecule has 2 N–H and O–H groups in total. The van der Waals surface area contributed by atoms with E-state index in [4.69, 9.17) is 10.8 Å². The van der Waals surface area contributed by atoms with E-state index in [1.165, 1.54) is 12.1 Å². The lowest BCUT2D eigenvalue weighted by Gasteiger charge is -2.49. The summed E-state index contributed by atoms with van der Waals surface area (Å²) in [6.07, 6.45) is 2.85. The van der Waals surface area contributed by atoms with E-state index >= 15 is 0 Å². The van der Waals surface area contributed by atoms with Crippen LogP contribution in [0.1, 0.15) is 60.6 Å². The van der Waals surface area contributed by atoms with Gasteiger partial charge in [-0.2, -0.15) is 18.3 Å². The number of nitrogens with zero attached hydrogens (tertiary/aromatic N) is 3. The van der Waals surface area contributed by atoms with Gasteiger partial charge in [-0.1, -0.05) is 19.1 Å². The second-order valence-electron chi connectivity index (χ2n) is 9.89. The van der Waals surface area contributed by atoms with Crippen LogP contribution in [0.2, 0.25) is 0 Å². The lowest BCUT2D eigenvalue weighted by Crippen LogP contribution is -2.58. The third-order valence-corrected chi connectivity index (χ3v) is 8.83. The molecule has 2 heterocycles. The molecular weight excluding hydrogens is 481 g/mol. The monoisotopic (exact) mass is 512 g/mol. The molecule has 4 rings (SSSR count). The maximum atomic E-state index is 12.9. The minimum absolute atomic E-state index is 0.0726. The Bertz CT molecular complexity index is 1180. The minimum Gasteiger partial charge on any atom is -0.365 e. The molecule has 1 saturated carbocycles. The van der Waals surface area contributed by atoms with Crippen molar-refractivity contribution in [2.45, 2.75) is 68.1 Å². The van der Waals surface area contributed by atoms with E-state index in [1.54, 1.807) is 18.3 Å². The number of benzene rings is 1.